The SMILES string of the molecule is CCC1CCCCC1Nc1ccc(C#N)c(N)c1. The summed E-state index contributed by atoms with van der Waals surface area (Å²) in [4.78, 5) is 0. The van der Waals surface area contributed by atoms with Crippen molar-refractivity contribution in [3.63, 3.8) is 0 Å². The van der Waals surface area contributed by atoms with Gasteiger partial charge in [-0.15, -0.1) is 0 Å². The second-order valence-electron chi connectivity index (χ2n) is 5.12. The summed E-state index contributed by atoms with van der Waals surface area (Å²) in [5.41, 5.74) is 7.99. The largest absolute Gasteiger partial charge is 0.398 e. The van der Waals surface area contributed by atoms with Crippen molar-refractivity contribution < 1.29 is 0 Å². The highest BCUT2D eigenvalue weighted by Crippen LogP contribution is 2.30. The fraction of sp³-hybridized carbons (Fsp3) is 0.533. The third kappa shape index (κ3) is 2.76. The van der Waals surface area contributed by atoms with Crippen LogP contribution in [0.15, 0.2) is 18.2 Å². The average Bonchev–Trinajstić information content (AvgIpc) is 2.39. The van der Waals surface area contributed by atoms with Crippen LogP contribution in [0.3, 0.4) is 0 Å². The highest BCUT2D eigenvalue weighted by atomic mass is 14.9. The minimum absolute atomic E-state index is 0.552. The number of rotatable bonds is 3. The van der Waals surface area contributed by atoms with Gasteiger partial charge in [0.25, 0.3) is 0 Å². The van der Waals surface area contributed by atoms with E-state index in [0.717, 1.165) is 11.6 Å². The van der Waals surface area contributed by atoms with Gasteiger partial charge in [0.15, 0.2) is 0 Å². The van der Waals surface area contributed by atoms with Crippen LogP contribution >= 0.6 is 0 Å². The number of nitrogen functional groups attached to an aromatic ring is 1. The van der Waals surface area contributed by atoms with Gasteiger partial charge in [0, 0.05) is 11.7 Å². The summed E-state index contributed by atoms with van der Waals surface area (Å²) in [6.07, 6.45) is 6.44. The zero-order chi connectivity index (χ0) is 13.0. The molecule has 1 fully saturated rings. The van der Waals surface area contributed by atoms with Crippen molar-refractivity contribution in [2.45, 2.75) is 45.1 Å². The third-order valence-electron chi connectivity index (χ3n) is 3.96. The zero-order valence-corrected chi connectivity index (χ0v) is 10.9. The lowest BCUT2D eigenvalue weighted by molar-refractivity contribution is 0.317. The van der Waals surface area contributed by atoms with E-state index >= 15 is 0 Å². The predicted molar refractivity (Wildman–Crippen MR) is 75.2 cm³/mol. The van der Waals surface area contributed by atoms with Crippen LogP contribution in [-0.2, 0) is 0 Å². The summed E-state index contributed by atoms with van der Waals surface area (Å²) in [6.45, 7) is 2.26. The van der Waals surface area contributed by atoms with Crippen LogP contribution in [0.1, 0.15) is 44.6 Å². The first-order valence-corrected chi connectivity index (χ1v) is 6.80. The van der Waals surface area contributed by atoms with Crippen molar-refractivity contribution >= 4 is 11.4 Å². The number of hydrogen-bond donors (Lipinski definition) is 2. The second kappa shape index (κ2) is 5.77. The Kier molecular flexibility index (Phi) is 4.09. The molecular weight excluding hydrogens is 222 g/mol. The number of anilines is 2. The Morgan fingerprint density at radius 3 is 2.83 bits per heavy atom. The van der Waals surface area contributed by atoms with Crippen molar-refractivity contribution in [1.29, 1.82) is 5.26 Å². The fourth-order valence-corrected chi connectivity index (χ4v) is 2.85. The molecule has 3 heteroatoms. The minimum Gasteiger partial charge on any atom is -0.398 e. The van der Waals surface area contributed by atoms with Crippen LogP contribution in [0, 0.1) is 17.2 Å². The number of benzene rings is 1. The molecule has 18 heavy (non-hydrogen) atoms. The molecule has 0 saturated heterocycles. The number of hydrogen-bond acceptors (Lipinski definition) is 3. The molecule has 3 nitrogen and oxygen atoms in total. The topological polar surface area (TPSA) is 61.8 Å². The molecule has 1 saturated carbocycles. The number of nitrogens with two attached hydrogens (primary N) is 1. The van der Waals surface area contributed by atoms with Crippen LogP contribution in [0.4, 0.5) is 11.4 Å². The molecule has 1 aliphatic rings. The molecule has 1 aliphatic carbocycles. The van der Waals surface area contributed by atoms with Crippen molar-refractivity contribution in [2.75, 3.05) is 11.1 Å². The number of nitrogens with zero attached hydrogens (tertiary/aromatic N) is 1. The highest BCUT2D eigenvalue weighted by Gasteiger charge is 2.23. The van der Waals surface area contributed by atoms with Gasteiger partial charge in [-0.05, 0) is 37.0 Å². The van der Waals surface area contributed by atoms with Crippen molar-refractivity contribution in [1.82, 2.24) is 0 Å². The third-order valence-corrected chi connectivity index (χ3v) is 3.96. The van der Waals surface area contributed by atoms with Gasteiger partial charge < -0.3 is 11.1 Å². The van der Waals surface area contributed by atoms with Gasteiger partial charge in [-0.1, -0.05) is 26.2 Å². The van der Waals surface area contributed by atoms with Crippen LogP contribution in [0.5, 0.6) is 0 Å². The van der Waals surface area contributed by atoms with Gasteiger partial charge in [0.1, 0.15) is 6.07 Å². The normalized spacial score (nSPS) is 23.3. The lowest BCUT2D eigenvalue weighted by Crippen LogP contribution is -2.31. The standard InChI is InChI=1S/C15H21N3/c1-2-11-5-3-4-6-15(11)18-13-8-7-12(10-16)14(17)9-13/h7-9,11,15,18H,2-6,17H2,1H3. The Morgan fingerprint density at radius 2 is 2.17 bits per heavy atom. The van der Waals surface area contributed by atoms with E-state index < -0.39 is 0 Å². The molecule has 3 N–H and O–H groups in total. The first kappa shape index (κ1) is 12.8. The Labute approximate surface area is 109 Å². The predicted octanol–water partition coefficient (Wildman–Crippen LogP) is 3.52. The van der Waals surface area contributed by atoms with Crippen LogP contribution in [0.2, 0.25) is 0 Å². The molecule has 2 unspecified atom stereocenters. The second-order valence-corrected chi connectivity index (χ2v) is 5.12. The summed E-state index contributed by atoms with van der Waals surface area (Å²) < 4.78 is 0. The van der Waals surface area contributed by atoms with Gasteiger partial charge in [-0.3, -0.25) is 0 Å². The quantitative estimate of drug-likeness (QED) is 0.798. The maximum atomic E-state index is 8.86. The molecule has 0 amide bonds. The van der Waals surface area contributed by atoms with E-state index in [1.54, 1.807) is 6.07 Å². The molecule has 0 heterocycles. The first-order chi connectivity index (χ1) is 8.74. The van der Waals surface area contributed by atoms with E-state index in [4.69, 9.17) is 11.0 Å². The summed E-state index contributed by atoms with van der Waals surface area (Å²) in [6, 6.07) is 8.27. The smallest absolute Gasteiger partial charge is 0.101 e. The number of nitrogens with one attached hydrogen (secondary N) is 1. The molecule has 2 rings (SSSR count). The summed E-state index contributed by atoms with van der Waals surface area (Å²) in [5, 5.41) is 12.4. The molecule has 0 radical (unpaired) electrons. The van der Waals surface area contributed by atoms with E-state index in [0.29, 0.717) is 17.3 Å². The maximum Gasteiger partial charge on any atom is 0.101 e. The van der Waals surface area contributed by atoms with Gasteiger partial charge in [-0.2, -0.15) is 5.26 Å². The van der Waals surface area contributed by atoms with Crippen LogP contribution < -0.4 is 11.1 Å². The monoisotopic (exact) mass is 243 g/mol. The molecule has 0 aliphatic heterocycles. The van der Waals surface area contributed by atoms with Gasteiger partial charge in [0.2, 0.25) is 0 Å². The van der Waals surface area contributed by atoms with E-state index in [1.165, 1.54) is 32.1 Å². The molecule has 2 atom stereocenters. The lowest BCUT2D eigenvalue weighted by atomic mass is 9.83. The van der Waals surface area contributed by atoms with Gasteiger partial charge in [-0.25, -0.2) is 0 Å². The average molecular weight is 243 g/mol. The van der Waals surface area contributed by atoms with E-state index in [-0.39, 0.29) is 0 Å². The molecule has 0 bridgehead atoms. The Balaban J connectivity index is 2.08. The molecule has 1 aromatic rings. The van der Waals surface area contributed by atoms with Crippen molar-refractivity contribution in [3.05, 3.63) is 23.8 Å². The molecular formula is C15H21N3. The molecule has 96 valence electrons. The number of nitriles is 1. The van der Waals surface area contributed by atoms with E-state index in [9.17, 15) is 0 Å². The minimum atomic E-state index is 0.552. The van der Waals surface area contributed by atoms with Crippen LogP contribution in [-0.4, -0.2) is 6.04 Å². The van der Waals surface area contributed by atoms with E-state index in [2.05, 4.69) is 18.3 Å². The summed E-state index contributed by atoms with van der Waals surface area (Å²) in [7, 11) is 0. The van der Waals surface area contributed by atoms with Crippen molar-refractivity contribution in [3.8, 4) is 6.07 Å². The summed E-state index contributed by atoms with van der Waals surface area (Å²) in [5.74, 6) is 0.760. The molecule has 0 spiro atoms. The highest BCUT2D eigenvalue weighted by molar-refractivity contribution is 5.62. The van der Waals surface area contributed by atoms with Gasteiger partial charge in [0.05, 0.1) is 11.3 Å². The Hall–Kier alpha value is -1.69. The van der Waals surface area contributed by atoms with Crippen LogP contribution in [0.25, 0.3) is 0 Å². The molecule has 1 aromatic carbocycles. The maximum absolute atomic E-state index is 8.86. The molecule has 0 aromatic heterocycles. The first-order valence-electron chi connectivity index (χ1n) is 6.80. The van der Waals surface area contributed by atoms with Crippen molar-refractivity contribution in [2.24, 2.45) is 5.92 Å². The van der Waals surface area contributed by atoms with Gasteiger partial charge >= 0.3 is 0 Å². The Bertz CT molecular complexity index is 448. The summed E-state index contributed by atoms with van der Waals surface area (Å²) >= 11 is 0. The Morgan fingerprint density at radius 1 is 1.39 bits per heavy atom. The van der Waals surface area contributed by atoms with E-state index in [1.807, 2.05) is 12.1 Å². The zero-order valence-electron chi connectivity index (χ0n) is 10.9. The fourth-order valence-electron chi connectivity index (χ4n) is 2.85. The lowest BCUT2D eigenvalue weighted by Gasteiger charge is -2.32.